The molecule has 0 spiro atoms. The molecule has 1 aromatic carbocycles. The smallest absolute Gasteiger partial charge is 0.134 e. The number of halogens is 2. The summed E-state index contributed by atoms with van der Waals surface area (Å²) in [7, 11) is 1.65. The molecule has 100 valence electrons. The quantitative estimate of drug-likeness (QED) is 0.590. The minimum absolute atomic E-state index is 0.0167. The highest BCUT2D eigenvalue weighted by Gasteiger charge is 2.43. The number of hydrogen-bond acceptors (Lipinski definition) is 3. The molecule has 18 heavy (non-hydrogen) atoms. The van der Waals surface area contributed by atoms with Crippen molar-refractivity contribution in [3.8, 4) is 5.75 Å². The molecule has 3 nitrogen and oxygen atoms in total. The van der Waals surface area contributed by atoms with Gasteiger partial charge in [0.1, 0.15) is 18.0 Å². The zero-order valence-corrected chi connectivity index (χ0v) is 12.5. The van der Waals surface area contributed by atoms with Gasteiger partial charge in [-0.25, -0.2) is 0 Å². The van der Waals surface area contributed by atoms with Crippen molar-refractivity contribution < 1.29 is 14.2 Å². The van der Waals surface area contributed by atoms with Crippen LogP contribution in [0.1, 0.15) is 6.42 Å². The van der Waals surface area contributed by atoms with E-state index in [9.17, 15) is 0 Å². The largest absolute Gasteiger partial charge is 0.486 e. The van der Waals surface area contributed by atoms with Crippen LogP contribution in [-0.4, -0.2) is 37.9 Å². The molecule has 1 fully saturated rings. The topological polar surface area (TPSA) is 27.7 Å². The molecule has 1 aliphatic rings. The predicted molar refractivity (Wildman–Crippen MR) is 74.4 cm³/mol. The van der Waals surface area contributed by atoms with Gasteiger partial charge in [-0.2, -0.15) is 0 Å². The second-order valence-corrected chi connectivity index (χ2v) is 5.58. The van der Waals surface area contributed by atoms with E-state index in [2.05, 4.69) is 15.9 Å². The van der Waals surface area contributed by atoms with Crippen LogP contribution in [0, 0.1) is 0 Å². The Hall–Kier alpha value is -0.290. The minimum Gasteiger partial charge on any atom is -0.486 e. The monoisotopic (exact) mass is 334 g/mol. The van der Waals surface area contributed by atoms with E-state index in [1.807, 2.05) is 24.3 Å². The fraction of sp³-hybridized carbons (Fsp3) is 0.538. The standard InChI is InChI=1S/C13H16BrClO3/c1-16-6-7-17-13-10(15)8-12(13)18-11-5-3-2-4-9(11)14/h2-5,10,12-13H,6-8H2,1H3. The Kier molecular flexibility index (Phi) is 5.30. The average Bonchev–Trinajstić information content (AvgIpc) is 2.36. The lowest BCUT2D eigenvalue weighted by atomic mass is 9.91. The second-order valence-electron chi connectivity index (χ2n) is 4.17. The molecule has 1 saturated carbocycles. The van der Waals surface area contributed by atoms with Crippen molar-refractivity contribution >= 4 is 27.5 Å². The first-order valence-corrected chi connectivity index (χ1v) is 7.11. The molecule has 0 radical (unpaired) electrons. The lowest BCUT2D eigenvalue weighted by Gasteiger charge is -2.40. The maximum absolute atomic E-state index is 6.14. The van der Waals surface area contributed by atoms with Crippen LogP contribution in [0.15, 0.2) is 28.7 Å². The van der Waals surface area contributed by atoms with Gasteiger partial charge < -0.3 is 14.2 Å². The first-order chi connectivity index (χ1) is 8.72. The summed E-state index contributed by atoms with van der Waals surface area (Å²) in [4.78, 5) is 0. The predicted octanol–water partition coefficient (Wildman–Crippen LogP) is 3.24. The average molecular weight is 336 g/mol. The molecule has 1 aliphatic carbocycles. The number of rotatable bonds is 6. The molecule has 2 rings (SSSR count). The van der Waals surface area contributed by atoms with Crippen molar-refractivity contribution in [1.82, 2.24) is 0 Å². The van der Waals surface area contributed by atoms with Crippen LogP contribution in [0.25, 0.3) is 0 Å². The van der Waals surface area contributed by atoms with Gasteiger partial charge in [-0.3, -0.25) is 0 Å². The van der Waals surface area contributed by atoms with Crippen molar-refractivity contribution in [2.45, 2.75) is 24.0 Å². The lowest BCUT2D eigenvalue weighted by Crippen LogP contribution is -2.53. The van der Waals surface area contributed by atoms with Crippen LogP contribution in [0.2, 0.25) is 0 Å². The van der Waals surface area contributed by atoms with Gasteiger partial charge in [0, 0.05) is 13.5 Å². The van der Waals surface area contributed by atoms with Crippen LogP contribution >= 0.6 is 27.5 Å². The van der Waals surface area contributed by atoms with Crippen molar-refractivity contribution in [3.05, 3.63) is 28.7 Å². The summed E-state index contributed by atoms with van der Waals surface area (Å²) in [6.45, 7) is 1.11. The van der Waals surface area contributed by atoms with E-state index >= 15 is 0 Å². The zero-order chi connectivity index (χ0) is 13.0. The molecule has 0 heterocycles. The first kappa shape index (κ1) is 14.1. The second kappa shape index (κ2) is 6.75. The molecule has 0 aliphatic heterocycles. The number of methoxy groups -OCH3 is 1. The summed E-state index contributed by atoms with van der Waals surface area (Å²) in [5.41, 5.74) is 0. The van der Waals surface area contributed by atoms with Crippen LogP contribution in [-0.2, 0) is 9.47 Å². The van der Waals surface area contributed by atoms with Crippen molar-refractivity contribution in [2.24, 2.45) is 0 Å². The van der Waals surface area contributed by atoms with Crippen molar-refractivity contribution in [3.63, 3.8) is 0 Å². The van der Waals surface area contributed by atoms with Crippen LogP contribution in [0.4, 0.5) is 0 Å². The Bertz CT molecular complexity index is 388. The van der Waals surface area contributed by atoms with Gasteiger partial charge in [0.05, 0.1) is 23.1 Å². The Morgan fingerprint density at radius 1 is 1.33 bits per heavy atom. The summed E-state index contributed by atoms with van der Waals surface area (Å²) in [5, 5.41) is 0.0225. The highest BCUT2D eigenvalue weighted by Crippen LogP contribution is 2.35. The van der Waals surface area contributed by atoms with E-state index in [1.54, 1.807) is 7.11 Å². The van der Waals surface area contributed by atoms with E-state index in [-0.39, 0.29) is 17.6 Å². The molecule has 0 bridgehead atoms. The van der Waals surface area contributed by atoms with Crippen LogP contribution < -0.4 is 4.74 Å². The number of ether oxygens (including phenoxy) is 3. The van der Waals surface area contributed by atoms with Gasteiger partial charge >= 0.3 is 0 Å². The van der Waals surface area contributed by atoms with E-state index in [0.717, 1.165) is 16.6 Å². The van der Waals surface area contributed by atoms with Gasteiger partial charge in [-0.05, 0) is 28.1 Å². The normalized spacial score (nSPS) is 26.7. The van der Waals surface area contributed by atoms with Gasteiger partial charge in [-0.15, -0.1) is 11.6 Å². The van der Waals surface area contributed by atoms with Gasteiger partial charge in [0.2, 0.25) is 0 Å². The van der Waals surface area contributed by atoms with E-state index in [4.69, 9.17) is 25.8 Å². The Morgan fingerprint density at radius 3 is 2.78 bits per heavy atom. The Balaban J connectivity index is 1.88. The third kappa shape index (κ3) is 3.38. The fourth-order valence-electron chi connectivity index (χ4n) is 1.83. The molecular weight excluding hydrogens is 319 g/mol. The first-order valence-electron chi connectivity index (χ1n) is 5.88. The third-order valence-electron chi connectivity index (χ3n) is 2.89. The van der Waals surface area contributed by atoms with Gasteiger partial charge in [0.25, 0.3) is 0 Å². The molecule has 3 atom stereocenters. The van der Waals surface area contributed by atoms with Crippen LogP contribution in [0.3, 0.4) is 0 Å². The summed E-state index contributed by atoms with van der Waals surface area (Å²) < 4.78 is 17.5. The fourth-order valence-corrected chi connectivity index (χ4v) is 2.61. The number of para-hydroxylation sites is 1. The Labute approximate surface area is 120 Å². The van der Waals surface area contributed by atoms with E-state index in [1.165, 1.54) is 0 Å². The molecular formula is C13H16BrClO3. The zero-order valence-electron chi connectivity index (χ0n) is 10.1. The molecule has 1 aromatic rings. The lowest BCUT2D eigenvalue weighted by molar-refractivity contribution is -0.0900. The minimum atomic E-state index is -0.0612. The molecule has 0 saturated heterocycles. The molecule has 3 unspecified atom stereocenters. The number of hydrogen-bond donors (Lipinski definition) is 0. The summed E-state index contributed by atoms with van der Waals surface area (Å²) in [6, 6.07) is 7.77. The highest BCUT2D eigenvalue weighted by molar-refractivity contribution is 9.10. The van der Waals surface area contributed by atoms with E-state index < -0.39 is 0 Å². The maximum atomic E-state index is 6.14. The van der Waals surface area contributed by atoms with Crippen molar-refractivity contribution in [2.75, 3.05) is 20.3 Å². The van der Waals surface area contributed by atoms with Gasteiger partial charge in [0.15, 0.2) is 0 Å². The SMILES string of the molecule is COCCOC1C(Cl)CC1Oc1ccccc1Br. The summed E-state index contributed by atoms with van der Waals surface area (Å²) in [6.07, 6.45) is 0.762. The molecule has 0 amide bonds. The van der Waals surface area contributed by atoms with Crippen molar-refractivity contribution in [1.29, 1.82) is 0 Å². The highest BCUT2D eigenvalue weighted by atomic mass is 79.9. The summed E-state index contributed by atoms with van der Waals surface area (Å²) >= 11 is 9.60. The van der Waals surface area contributed by atoms with E-state index in [0.29, 0.717) is 13.2 Å². The van der Waals surface area contributed by atoms with Crippen LogP contribution in [0.5, 0.6) is 5.75 Å². The molecule has 0 aromatic heterocycles. The number of alkyl halides is 1. The summed E-state index contributed by atoms with van der Waals surface area (Å²) in [5.74, 6) is 0.825. The third-order valence-corrected chi connectivity index (χ3v) is 3.97. The maximum Gasteiger partial charge on any atom is 0.134 e. The van der Waals surface area contributed by atoms with Gasteiger partial charge in [-0.1, -0.05) is 12.1 Å². The Morgan fingerprint density at radius 2 is 2.11 bits per heavy atom. The molecule has 5 heteroatoms. The molecule has 0 N–H and O–H groups in total. The number of benzene rings is 1.